The number of nitrogens with one attached hydrogen (secondary N) is 1. The third-order valence-electron chi connectivity index (χ3n) is 4.04. The predicted octanol–water partition coefficient (Wildman–Crippen LogP) is 2.14. The molecule has 2 aromatic rings. The van der Waals surface area contributed by atoms with Crippen molar-refractivity contribution in [3.05, 3.63) is 36.2 Å². The Kier molecular flexibility index (Phi) is 4.31. The molecule has 1 aliphatic heterocycles. The number of anilines is 2. The molecule has 1 amide bonds. The van der Waals surface area contributed by atoms with E-state index in [0.29, 0.717) is 30.8 Å². The van der Waals surface area contributed by atoms with E-state index in [1.807, 2.05) is 6.92 Å². The molecule has 3 rings (SSSR count). The molecule has 0 saturated carbocycles. The van der Waals surface area contributed by atoms with Crippen LogP contribution in [0.2, 0.25) is 0 Å². The van der Waals surface area contributed by atoms with Gasteiger partial charge in [0.15, 0.2) is 0 Å². The molecule has 0 atom stereocenters. The van der Waals surface area contributed by atoms with Crippen molar-refractivity contribution in [2.45, 2.75) is 38.1 Å². The first-order chi connectivity index (χ1) is 11.4. The van der Waals surface area contributed by atoms with Crippen molar-refractivity contribution < 1.29 is 13.2 Å². The summed E-state index contributed by atoms with van der Waals surface area (Å²) in [5, 5.41) is 4.06. The second-order valence-electron chi connectivity index (χ2n) is 5.79. The number of amides is 1. The average Bonchev–Trinajstić information content (AvgIpc) is 3.15. The molecule has 7 nitrogen and oxygen atoms in total. The number of sulfonamides is 1. The number of rotatable bonds is 5. The molecule has 8 heteroatoms. The fraction of sp³-hybridized carbons (Fsp3) is 0.375. The van der Waals surface area contributed by atoms with Crippen LogP contribution in [0.1, 0.15) is 25.3 Å². The molecule has 0 bridgehead atoms. The number of aryl methyl sites for hydroxylation is 2. The molecule has 1 fully saturated rings. The summed E-state index contributed by atoms with van der Waals surface area (Å²) in [6.07, 6.45) is 4.50. The van der Waals surface area contributed by atoms with E-state index in [1.54, 1.807) is 40.9 Å². The largest absolute Gasteiger partial charge is 0.312 e. The highest BCUT2D eigenvalue weighted by Gasteiger charge is 2.24. The average molecular weight is 348 g/mol. The van der Waals surface area contributed by atoms with Gasteiger partial charge in [0, 0.05) is 31.4 Å². The molecule has 128 valence electrons. The smallest absolute Gasteiger partial charge is 0.262 e. The van der Waals surface area contributed by atoms with Crippen LogP contribution in [-0.4, -0.2) is 30.7 Å². The first kappa shape index (κ1) is 16.5. The van der Waals surface area contributed by atoms with Crippen LogP contribution >= 0.6 is 0 Å². The van der Waals surface area contributed by atoms with E-state index >= 15 is 0 Å². The third kappa shape index (κ3) is 3.14. The molecule has 1 saturated heterocycles. The van der Waals surface area contributed by atoms with Crippen LogP contribution in [0, 0.1) is 6.92 Å². The monoisotopic (exact) mass is 348 g/mol. The molecule has 1 N–H and O–H groups in total. The van der Waals surface area contributed by atoms with Gasteiger partial charge in [-0.2, -0.15) is 5.10 Å². The van der Waals surface area contributed by atoms with E-state index < -0.39 is 10.0 Å². The second-order valence-corrected chi connectivity index (χ2v) is 7.44. The predicted molar refractivity (Wildman–Crippen MR) is 91.5 cm³/mol. The summed E-state index contributed by atoms with van der Waals surface area (Å²) < 4.78 is 29.4. The van der Waals surface area contributed by atoms with Crippen LogP contribution in [0.15, 0.2) is 35.5 Å². The van der Waals surface area contributed by atoms with Crippen LogP contribution in [0.25, 0.3) is 0 Å². The maximum Gasteiger partial charge on any atom is 0.262 e. The van der Waals surface area contributed by atoms with E-state index in [1.165, 1.54) is 6.20 Å². The maximum absolute atomic E-state index is 12.6. The van der Waals surface area contributed by atoms with Crippen LogP contribution in [0.3, 0.4) is 0 Å². The van der Waals surface area contributed by atoms with Crippen LogP contribution < -0.4 is 9.62 Å². The van der Waals surface area contributed by atoms with Crippen molar-refractivity contribution in [2.75, 3.05) is 16.2 Å². The highest BCUT2D eigenvalue weighted by atomic mass is 32.2. The van der Waals surface area contributed by atoms with E-state index in [4.69, 9.17) is 0 Å². The van der Waals surface area contributed by atoms with Crippen molar-refractivity contribution >= 4 is 27.3 Å². The zero-order valence-electron chi connectivity index (χ0n) is 13.7. The lowest BCUT2D eigenvalue weighted by molar-refractivity contribution is -0.117. The molecule has 0 radical (unpaired) electrons. The molecule has 1 aliphatic rings. The Bertz CT molecular complexity index is 873. The highest BCUT2D eigenvalue weighted by molar-refractivity contribution is 7.92. The summed E-state index contributed by atoms with van der Waals surface area (Å²) in [6, 6.07) is 4.97. The van der Waals surface area contributed by atoms with E-state index in [-0.39, 0.29) is 10.8 Å². The van der Waals surface area contributed by atoms with Crippen molar-refractivity contribution in [3.8, 4) is 0 Å². The van der Waals surface area contributed by atoms with Crippen LogP contribution in [0.5, 0.6) is 0 Å². The fourth-order valence-electron chi connectivity index (χ4n) is 2.82. The summed E-state index contributed by atoms with van der Waals surface area (Å²) in [5.74, 6) is 0.0788. The summed E-state index contributed by atoms with van der Waals surface area (Å²) in [5.41, 5.74) is 1.77. The number of carbonyl (C=O) groups is 1. The van der Waals surface area contributed by atoms with Gasteiger partial charge in [0.25, 0.3) is 10.0 Å². The first-order valence-electron chi connectivity index (χ1n) is 7.87. The van der Waals surface area contributed by atoms with Gasteiger partial charge in [-0.1, -0.05) is 0 Å². The Morgan fingerprint density at radius 3 is 2.71 bits per heavy atom. The zero-order chi connectivity index (χ0) is 17.3. The minimum absolute atomic E-state index is 0.0788. The van der Waals surface area contributed by atoms with Gasteiger partial charge in [0.2, 0.25) is 5.91 Å². The van der Waals surface area contributed by atoms with E-state index in [9.17, 15) is 13.2 Å². The number of hydrogen-bond acceptors (Lipinski definition) is 4. The normalized spacial score (nSPS) is 15.1. The van der Waals surface area contributed by atoms with Crippen LogP contribution in [0.4, 0.5) is 11.4 Å². The van der Waals surface area contributed by atoms with Gasteiger partial charge >= 0.3 is 0 Å². The summed E-state index contributed by atoms with van der Waals surface area (Å²) in [4.78, 5) is 13.7. The standard InChI is InChI=1S/C16H20N4O3S/c1-3-19-11-13(10-17-19)18-24(22,23)15-7-6-14(9-12(15)2)20-8-4-5-16(20)21/h6-7,9-11,18H,3-5,8H2,1-2H3. The topological polar surface area (TPSA) is 84.3 Å². The summed E-state index contributed by atoms with van der Waals surface area (Å²) in [6.45, 7) is 5.00. The molecule has 1 aromatic heterocycles. The Morgan fingerprint density at radius 1 is 1.33 bits per heavy atom. The second kappa shape index (κ2) is 6.27. The van der Waals surface area contributed by atoms with Crippen LogP contribution in [-0.2, 0) is 21.4 Å². The van der Waals surface area contributed by atoms with Gasteiger partial charge in [-0.05, 0) is 44.0 Å². The molecule has 0 unspecified atom stereocenters. The molecule has 0 aliphatic carbocycles. The van der Waals surface area contributed by atoms with Gasteiger partial charge in [-0.15, -0.1) is 0 Å². The minimum atomic E-state index is -3.70. The summed E-state index contributed by atoms with van der Waals surface area (Å²) >= 11 is 0. The van der Waals surface area contributed by atoms with Crippen molar-refractivity contribution in [1.29, 1.82) is 0 Å². The van der Waals surface area contributed by atoms with Crippen molar-refractivity contribution in [3.63, 3.8) is 0 Å². The highest BCUT2D eigenvalue weighted by Crippen LogP contribution is 2.27. The molecule has 2 heterocycles. The summed E-state index contributed by atoms with van der Waals surface area (Å²) in [7, 11) is -3.70. The SMILES string of the molecule is CCn1cc(NS(=O)(=O)c2ccc(N3CCCC3=O)cc2C)cn1. The fourth-order valence-corrected chi connectivity index (χ4v) is 4.08. The Labute approximate surface area is 141 Å². The Balaban J connectivity index is 1.86. The quantitative estimate of drug-likeness (QED) is 0.897. The Hall–Kier alpha value is -2.35. The van der Waals surface area contributed by atoms with E-state index in [2.05, 4.69) is 9.82 Å². The number of carbonyl (C=O) groups excluding carboxylic acids is 1. The Morgan fingerprint density at radius 2 is 2.12 bits per heavy atom. The molecule has 24 heavy (non-hydrogen) atoms. The lowest BCUT2D eigenvalue weighted by Crippen LogP contribution is -2.24. The lowest BCUT2D eigenvalue weighted by atomic mass is 10.2. The lowest BCUT2D eigenvalue weighted by Gasteiger charge is -2.17. The van der Waals surface area contributed by atoms with Gasteiger partial charge in [0.05, 0.1) is 16.8 Å². The number of nitrogens with zero attached hydrogens (tertiary/aromatic N) is 3. The molecule has 0 spiro atoms. The molecular formula is C16H20N4O3S. The number of aromatic nitrogens is 2. The van der Waals surface area contributed by atoms with Gasteiger partial charge < -0.3 is 4.90 Å². The minimum Gasteiger partial charge on any atom is -0.312 e. The van der Waals surface area contributed by atoms with Crippen molar-refractivity contribution in [2.24, 2.45) is 0 Å². The van der Waals surface area contributed by atoms with Gasteiger partial charge in [-0.3, -0.25) is 14.2 Å². The van der Waals surface area contributed by atoms with E-state index in [0.717, 1.165) is 12.1 Å². The zero-order valence-corrected chi connectivity index (χ0v) is 14.5. The first-order valence-corrected chi connectivity index (χ1v) is 9.35. The maximum atomic E-state index is 12.6. The third-order valence-corrected chi connectivity index (χ3v) is 5.58. The van der Waals surface area contributed by atoms with Gasteiger partial charge in [0.1, 0.15) is 0 Å². The molecule has 1 aromatic carbocycles. The number of hydrogen-bond donors (Lipinski definition) is 1. The van der Waals surface area contributed by atoms with Gasteiger partial charge in [-0.25, -0.2) is 8.42 Å². The molecular weight excluding hydrogens is 328 g/mol. The number of benzene rings is 1. The van der Waals surface area contributed by atoms with Crippen molar-refractivity contribution in [1.82, 2.24) is 9.78 Å².